The molecule has 2 aromatic rings. The number of alkyl halides is 1. The topological polar surface area (TPSA) is 27.7 Å². The van der Waals surface area contributed by atoms with E-state index in [4.69, 9.17) is 14.2 Å². The first-order chi connectivity index (χ1) is 10.1. The Morgan fingerprint density at radius 1 is 0.905 bits per heavy atom. The Morgan fingerprint density at radius 3 is 2.00 bits per heavy atom. The molecule has 0 radical (unpaired) electrons. The van der Waals surface area contributed by atoms with Crippen molar-refractivity contribution in [3.63, 3.8) is 0 Å². The monoisotopic (exact) mass is 354 g/mol. The van der Waals surface area contributed by atoms with Gasteiger partial charge in [0, 0.05) is 11.6 Å². The van der Waals surface area contributed by atoms with Crippen LogP contribution >= 0.6 is 15.9 Å². The summed E-state index contributed by atoms with van der Waals surface area (Å²) in [6, 6.07) is 10.4. The minimum atomic E-state index is -0.356. The van der Waals surface area contributed by atoms with Crippen LogP contribution in [0.25, 0.3) is 0 Å². The molecular weight excluding hydrogens is 339 g/mol. The first kappa shape index (κ1) is 15.6. The van der Waals surface area contributed by atoms with Crippen LogP contribution in [0.5, 0.6) is 17.2 Å². The Bertz CT molecular complexity index is 614. The van der Waals surface area contributed by atoms with Crippen LogP contribution in [0.4, 0.5) is 4.39 Å². The van der Waals surface area contributed by atoms with Crippen molar-refractivity contribution in [3.8, 4) is 17.2 Å². The average Bonchev–Trinajstić information content (AvgIpc) is 2.54. The lowest BCUT2D eigenvalue weighted by Crippen LogP contribution is -2.00. The highest BCUT2D eigenvalue weighted by Gasteiger charge is 2.19. The van der Waals surface area contributed by atoms with Gasteiger partial charge in [-0.2, -0.15) is 0 Å². The molecule has 3 nitrogen and oxygen atoms in total. The molecule has 2 rings (SSSR count). The highest BCUT2D eigenvalue weighted by atomic mass is 79.9. The van der Waals surface area contributed by atoms with Crippen molar-refractivity contribution in [2.24, 2.45) is 0 Å². The van der Waals surface area contributed by atoms with Gasteiger partial charge in [-0.3, -0.25) is 0 Å². The van der Waals surface area contributed by atoms with Gasteiger partial charge >= 0.3 is 0 Å². The quantitative estimate of drug-likeness (QED) is 0.747. The fraction of sp³-hybridized carbons (Fsp3) is 0.250. The first-order valence-electron chi connectivity index (χ1n) is 6.30. The molecule has 112 valence electrons. The normalized spacial score (nSPS) is 11.9. The minimum Gasteiger partial charge on any atom is -0.497 e. The molecule has 0 fully saturated rings. The number of ether oxygens (including phenoxy) is 3. The predicted octanol–water partition coefficient (Wildman–Crippen LogP) is 4.34. The molecule has 0 N–H and O–H groups in total. The Kier molecular flexibility index (Phi) is 5.07. The van der Waals surface area contributed by atoms with Crippen molar-refractivity contribution in [1.29, 1.82) is 0 Å². The molecule has 2 aromatic carbocycles. The molecule has 0 spiro atoms. The number of methoxy groups -OCH3 is 3. The summed E-state index contributed by atoms with van der Waals surface area (Å²) in [6.07, 6.45) is 0. The summed E-state index contributed by atoms with van der Waals surface area (Å²) in [5.74, 6) is 1.26. The summed E-state index contributed by atoms with van der Waals surface area (Å²) in [5, 5.41) is 0. The van der Waals surface area contributed by atoms with Gasteiger partial charge in [0.2, 0.25) is 0 Å². The third-order valence-electron chi connectivity index (χ3n) is 3.18. The van der Waals surface area contributed by atoms with Crippen LogP contribution in [-0.2, 0) is 0 Å². The lowest BCUT2D eigenvalue weighted by Gasteiger charge is -2.15. The van der Waals surface area contributed by atoms with Crippen molar-refractivity contribution in [2.75, 3.05) is 21.3 Å². The van der Waals surface area contributed by atoms with E-state index in [9.17, 15) is 4.39 Å². The van der Waals surface area contributed by atoms with E-state index in [1.54, 1.807) is 13.2 Å². The van der Waals surface area contributed by atoms with E-state index in [1.165, 1.54) is 20.3 Å². The van der Waals surface area contributed by atoms with Crippen LogP contribution in [0, 0.1) is 5.82 Å². The van der Waals surface area contributed by atoms with Gasteiger partial charge in [-0.1, -0.05) is 28.1 Å². The molecule has 0 aromatic heterocycles. The fourth-order valence-electron chi connectivity index (χ4n) is 2.02. The standard InChI is InChI=1S/C16H16BrFO3/c1-19-11-6-4-10(5-7-11)16(17)12-8-14(20-2)15(21-3)9-13(12)18/h4-9,16H,1-3H3. The summed E-state index contributed by atoms with van der Waals surface area (Å²) in [7, 11) is 4.61. The molecule has 0 aliphatic heterocycles. The van der Waals surface area contributed by atoms with Gasteiger partial charge in [0.15, 0.2) is 11.5 Å². The van der Waals surface area contributed by atoms with Gasteiger partial charge < -0.3 is 14.2 Å². The summed E-state index contributed by atoms with van der Waals surface area (Å²) >= 11 is 3.52. The lowest BCUT2D eigenvalue weighted by atomic mass is 10.0. The van der Waals surface area contributed by atoms with E-state index < -0.39 is 0 Å². The summed E-state index contributed by atoms with van der Waals surface area (Å²) < 4.78 is 29.7. The van der Waals surface area contributed by atoms with Crippen molar-refractivity contribution < 1.29 is 18.6 Å². The van der Waals surface area contributed by atoms with Crippen molar-refractivity contribution in [2.45, 2.75) is 4.83 Å². The molecule has 5 heteroatoms. The zero-order valence-corrected chi connectivity index (χ0v) is 13.6. The van der Waals surface area contributed by atoms with Crippen LogP contribution in [-0.4, -0.2) is 21.3 Å². The average molecular weight is 355 g/mol. The van der Waals surface area contributed by atoms with Crippen LogP contribution in [0.2, 0.25) is 0 Å². The van der Waals surface area contributed by atoms with E-state index in [1.807, 2.05) is 24.3 Å². The summed E-state index contributed by atoms with van der Waals surface area (Å²) in [5.41, 5.74) is 1.40. The number of halogens is 2. The Balaban J connectivity index is 2.39. The highest BCUT2D eigenvalue weighted by Crippen LogP contribution is 2.38. The van der Waals surface area contributed by atoms with Crippen LogP contribution in [0.15, 0.2) is 36.4 Å². The largest absolute Gasteiger partial charge is 0.497 e. The first-order valence-corrected chi connectivity index (χ1v) is 7.21. The maximum Gasteiger partial charge on any atom is 0.163 e. The van der Waals surface area contributed by atoms with Gasteiger partial charge in [0.05, 0.1) is 26.2 Å². The second kappa shape index (κ2) is 6.80. The van der Waals surface area contributed by atoms with Gasteiger partial charge in [0.25, 0.3) is 0 Å². The zero-order chi connectivity index (χ0) is 15.4. The molecule has 1 atom stereocenters. The Morgan fingerprint density at radius 2 is 1.48 bits per heavy atom. The Hall–Kier alpha value is -1.75. The van der Waals surface area contributed by atoms with Gasteiger partial charge in [0.1, 0.15) is 11.6 Å². The van der Waals surface area contributed by atoms with Crippen LogP contribution in [0.3, 0.4) is 0 Å². The molecular formula is C16H16BrFO3. The molecule has 0 saturated heterocycles. The molecule has 0 amide bonds. The van der Waals surface area contributed by atoms with Crippen molar-refractivity contribution >= 4 is 15.9 Å². The van der Waals surface area contributed by atoms with E-state index in [2.05, 4.69) is 15.9 Å². The van der Waals surface area contributed by atoms with Crippen molar-refractivity contribution in [1.82, 2.24) is 0 Å². The van der Waals surface area contributed by atoms with Crippen LogP contribution in [0.1, 0.15) is 16.0 Å². The smallest absolute Gasteiger partial charge is 0.163 e. The van der Waals surface area contributed by atoms with E-state index in [0.717, 1.165) is 11.3 Å². The number of benzene rings is 2. The second-order valence-corrected chi connectivity index (χ2v) is 5.28. The fourth-order valence-corrected chi connectivity index (χ4v) is 2.67. The maximum atomic E-state index is 14.2. The molecule has 0 heterocycles. The zero-order valence-electron chi connectivity index (χ0n) is 12.0. The second-order valence-electron chi connectivity index (χ2n) is 4.36. The molecule has 21 heavy (non-hydrogen) atoms. The maximum absolute atomic E-state index is 14.2. The molecule has 0 bridgehead atoms. The van der Waals surface area contributed by atoms with Gasteiger partial charge in [-0.15, -0.1) is 0 Å². The van der Waals surface area contributed by atoms with Gasteiger partial charge in [-0.25, -0.2) is 4.39 Å². The summed E-state index contributed by atoms with van der Waals surface area (Å²) in [6.45, 7) is 0. The van der Waals surface area contributed by atoms with E-state index in [0.29, 0.717) is 17.1 Å². The third kappa shape index (κ3) is 3.29. The number of hydrogen-bond donors (Lipinski definition) is 0. The van der Waals surface area contributed by atoms with E-state index in [-0.39, 0.29) is 10.6 Å². The third-order valence-corrected chi connectivity index (χ3v) is 4.21. The highest BCUT2D eigenvalue weighted by molar-refractivity contribution is 9.09. The number of rotatable bonds is 5. The molecule has 0 aliphatic rings. The Labute approximate surface area is 131 Å². The summed E-state index contributed by atoms with van der Waals surface area (Å²) in [4.78, 5) is -0.289. The molecule has 0 saturated carbocycles. The van der Waals surface area contributed by atoms with Crippen molar-refractivity contribution in [3.05, 3.63) is 53.3 Å². The lowest BCUT2D eigenvalue weighted by molar-refractivity contribution is 0.351. The molecule has 0 aliphatic carbocycles. The van der Waals surface area contributed by atoms with E-state index >= 15 is 0 Å². The van der Waals surface area contributed by atoms with Crippen LogP contribution < -0.4 is 14.2 Å². The SMILES string of the molecule is COc1ccc(C(Br)c2cc(OC)c(OC)cc2F)cc1. The minimum absolute atomic E-state index is 0.289. The predicted molar refractivity (Wildman–Crippen MR) is 83.3 cm³/mol. The molecule has 1 unspecified atom stereocenters. The van der Waals surface area contributed by atoms with Gasteiger partial charge in [-0.05, 0) is 23.8 Å². The number of hydrogen-bond acceptors (Lipinski definition) is 3.